The van der Waals surface area contributed by atoms with Crippen LogP contribution < -0.4 is 9.47 Å². The molecule has 2 rings (SSSR count). The van der Waals surface area contributed by atoms with Crippen LogP contribution in [-0.4, -0.2) is 30.2 Å². The number of carbonyl (C=O) groups is 1. The van der Waals surface area contributed by atoms with E-state index in [0.29, 0.717) is 11.3 Å². The second-order valence-electron chi connectivity index (χ2n) is 4.94. The van der Waals surface area contributed by atoms with Crippen LogP contribution in [-0.2, 0) is 0 Å². The number of Topliss-reactive ketones (excluding diaryl/α,β-unsaturated/α-hetero) is 1. The predicted octanol–water partition coefficient (Wildman–Crippen LogP) is 2.99. The summed E-state index contributed by atoms with van der Waals surface area (Å²) in [6.45, 7) is 1.24. The van der Waals surface area contributed by atoms with Gasteiger partial charge in [0, 0.05) is 11.6 Å². The van der Waals surface area contributed by atoms with E-state index in [0.717, 1.165) is 12.1 Å². The number of halogens is 2. The fourth-order valence-corrected chi connectivity index (χ4v) is 1.80. The summed E-state index contributed by atoms with van der Waals surface area (Å²) in [6, 6.07) is 9.69. The SMILES string of the molecule is CC(=O)c1cccc(OCC(O)COc2ccc(F)c(F)c2)c1. The number of hydrogen-bond donors (Lipinski definition) is 1. The van der Waals surface area contributed by atoms with Crippen molar-refractivity contribution in [3.05, 3.63) is 59.7 Å². The highest BCUT2D eigenvalue weighted by molar-refractivity contribution is 5.94. The Labute approximate surface area is 132 Å². The number of carbonyl (C=O) groups excluding carboxylic acids is 1. The molecule has 0 bridgehead atoms. The van der Waals surface area contributed by atoms with Crippen molar-refractivity contribution in [3.8, 4) is 11.5 Å². The zero-order valence-electron chi connectivity index (χ0n) is 12.5. The predicted molar refractivity (Wildman–Crippen MR) is 79.8 cm³/mol. The lowest BCUT2D eigenvalue weighted by Gasteiger charge is -2.14. The van der Waals surface area contributed by atoms with E-state index >= 15 is 0 Å². The van der Waals surface area contributed by atoms with Crippen LogP contribution in [0.3, 0.4) is 0 Å². The van der Waals surface area contributed by atoms with Gasteiger partial charge in [-0.15, -0.1) is 0 Å². The Morgan fingerprint density at radius 1 is 1.04 bits per heavy atom. The third-order valence-electron chi connectivity index (χ3n) is 3.02. The highest BCUT2D eigenvalue weighted by Gasteiger charge is 2.09. The summed E-state index contributed by atoms with van der Waals surface area (Å²) in [5, 5.41) is 9.79. The normalized spacial score (nSPS) is 11.8. The molecule has 4 nitrogen and oxygen atoms in total. The first-order valence-electron chi connectivity index (χ1n) is 6.95. The van der Waals surface area contributed by atoms with E-state index < -0.39 is 17.7 Å². The van der Waals surface area contributed by atoms with Gasteiger partial charge in [-0.2, -0.15) is 0 Å². The van der Waals surface area contributed by atoms with Crippen molar-refractivity contribution in [2.24, 2.45) is 0 Å². The summed E-state index contributed by atoms with van der Waals surface area (Å²) in [5.41, 5.74) is 0.509. The van der Waals surface area contributed by atoms with E-state index in [1.807, 2.05) is 0 Å². The average molecular weight is 322 g/mol. The maximum absolute atomic E-state index is 13.0. The van der Waals surface area contributed by atoms with E-state index in [1.165, 1.54) is 13.0 Å². The molecule has 0 aliphatic heterocycles. The van der Waals surface area contributed by atoms with Crippen LogP contribution in [0.5, 0.6) is 11.5 Å². The van der Waals surface area contributed by atoms with Gasteiger partial charge in [0.1, 0.15) is 30.8 Å². The zero-order chi connectivity index (χ0) is 16.8. The first kappa shape index (κ1) is 16.9. The third-order valence-corrected chi connectivity index (χ3v) is 3.02. The maximum Gasteiger partial charge on any atom is 0.162 e. The molecule has 0 amide bonds. The standard InChI is InChI=1S/C17H16F2O4/c1-11(20)12-3-2-4-14(7-12)22-9-13(21)10-23-15-5-6-16(18)17(19)8-15/h2-8,13,21H,9-10H2,1H3. The zero-order valence-corrected chi connectivity index (χ0v) is 12.5. The lowest BCUT2D eigenvalue weighted by Crippen LogP contribution is -2.25. The summed E-state index contributed by atoms with van der Waals surface area (Å²) in [6.07, 6.45) is -0.968. The average Bonchev–Trinajstić information content (AvgIpc) is 2.54. The van der Waals surface area contributed by atoms with Crippen molar-refractivity contribution < 1.29 is 28.2 Å². The summed E-state index contributed by atoms with van der Waals surface area (Å²) in [5.74, 6) is -1.51. The van der Waals surface area contributed by atoms with Crippen molar-refractivity contribution in [2.45, 2.75) is 13.0 Å². The Morgan fingerprint density at radius 3 is 2.30 bits per heavy atom. The minimum absolute atomic E-state index is 0.0644. The smallest absolute Gasteiger partial charge is 0.162 e. The first-order chi connectivity index (χ1) is 11.0. The van der Waals surface area contributed by atoms with Gasteiger partial charge in [-0.05, 0) is 31.2 Å². The molecule has 1 atom stereocenters. The Hall–Kier alpha value is -2.47. The molecule has 0 spiro atoms. The second-order valence-corrected chi connectivity index (χ2v) is 4.94. The van der Waals surface area contributed by atoms with E-state index in [4.69, 9.17) is 9.47 Å². The van der Waals surface area contributed by atoms with Gasteiger partial charge in [0.25, 0.3) is 0 Å². The molecule has 2 aromatic rings. The fraction of sp³-hybridized carbons (Fsp3) is 0.235. The molecule has 0 saturated heterocycles. The van der Waals surface area contributed by atoms with Crippen molar-refractivity contribution >= 4 is 5.78 Å². The molecule has 0 fully saturated rings. The molecule has 0 radical (unpaired) electrons. The molecule has 122 valence electrons. The van der Waals surface area contributed by atoms with Gasteiger partial charge in [-0.3, -0.25) is 4.79 Å². The quantitative estimate of drug-likeness (QED) is 0.796. The van der Waals surface area contributed by atoms with Gasteiger partial charge in [0.05, 0.1) is 0 Å². The van der Waals surface area contributed by atoms with Crippen LogP contribution in [0.1, 0.15) is 17.3 Å². The van der Waals surface area contributed by atoms with Gasteiger partial charge in [-0.1, -0.05) is 12.1 Å². The number of aliphatic hydroxyl groups is 1. The molecule has 0 aliphatic rings. The highest BCUT2D eigenvalue weighted by atomic mass is 19.2. The molecule has 2 aromatic carbocycles. The van der Waals surface area contributed by atoms with E-state index in [2.05, 4.69) is 0 Å². The topological polar surface area (TPSA) is 55.8 Å². The van der Waals surface area contributed by atoms with Gasteiger partial charge in [-0.25, -0.2) is 8.78 Å². The summed E-state index contributed by atoms with van der Waals surface area (Å²) in [7, 11) is 0. The number of benzene rings is 2. The number of rotatable bonds is 7. The molecule has 0 aromatic heterocycles. The summed E-state index contributed by atoms with van der Waals surface area (Å²) >= 11 is 0. The minimum atomic E-state index is -1.02. The first-order valence-corrected chi connectivity index (χ1v) is 6.95. The highest BCUT2D eigenvalue weighted by Crippen LogP contribution is 2.16. The molecule has 1 unspecified atom stereocenters. The lowest BCUT2D eigenvalue weighted by molar-refractivity contribution is 0.0624. The van der Waals surface area contributed by atoms with Gasteiger partial charge < -0.3 is 14.6 Å². The van der Waals surface area contributed by atoms with Crippen LogP contribution in [0.15, 0.2) is 42.5 Å². The van der Waals surface area contributed by atoms with Crippen LogP contribution in [0.4, 0.5) is 8.78 Å². The van der Waals surface area contributed by atoms with Crippen molar-refractivity contribution in [2.75, 3.05) is 13.2 Å². The molecule has 23 heavy (non-hydrogen) atoms. The molecule has 0 heterocycles. The Morgan fingerprint density at radius 2 is 1.70 bits per heavy atom. The third kappa shape index (κ3) is 5.03. The Bertz CT molecular complexity index is 688. The molecular formula is C17H16F2O4. The number of ketones is 1. The lowest BCUT2D eigenvalue weighted by atomic mass is 10.1. The summed E-state index contributed by atoms with van der Waals surface area (Å²) in [4.78, 5) is 11.3. The largest absolute Gasteiger partial charge is 0.491 e. The molecule has 1 N–H and O–H groups in total. The maximum atomic E-state index is 13.0. The van der Waals surface area contributed by atoms with E-state index in [-0.39, 0.29) is 24.7 Å². The molecule has 6 heteroatoms. The van der Waals surface area contributed by atoms with Gasteiger partial charge >= 0.3 is 0 Å². The van der Waals surface area contributed by atoms with Crippen molar-refractivity contribution in [1.82, 2.24) is 0 Å². The van der Waals surface area contributed by atoms with Crippen LogP contribution in [0.25, 0.3) is 0 Å². The van der Waals surface area contributed by atoms with Crippen molar-refractivity contribution in [3.63, 3.8) is 0 Å². The van der Waals surface area contributed by atoms with Crippen LogP contribution >= 0.6 is 0 Å². The molecule has 0 saturated carbocycles. The number of ether oxygens (including phenoxy) is 2. The fourth-order valence-electron chi connectivity index (χ4n) is 1.80. The Balaban J connectivity index is 1.83. The van der Waals surface area contributed by atoms with Crippen molar-refractivity contribution in [1.29, 1.82) is 0 Å². The monoisotopic (exact) mass is 322 g/mol. The second kappa shape index (κ2) is 7.69. The number of hydrogen-bond acceptors (Lipinski definition) is 4. The molecule has 0 aliphatic carbocycles. The number of aliphatic hydroxyl groups excluding tert-OH is 1. The van der Waals surface area contributed by atoms with Gasteiger partial charge in [0.2, 0.25) is 0 Å². The Kier molecular flexibility index (Phi) is 5.65. The van der Waals surface area contributed by atoms with Crippen LogP contribution in [0.2, 0.25) is 0 Å². The van der Waals surface area contributed by atoms with Gasteiger partial charge in [0.15, 0.2) is 17.4 Å². The minimum Gasteiger partial charge on any atom is -0.491 e. The van der Waals surface area contributed by atoms with E-state index in [9.17, 15) is 18.7 Å². The molecular weight excluding hydrogens is 306 g/mol. The van der Waals surface area contributed by atoms with Crippen LogP contribution in [0, 0.1) is 11.6 Å². The summed E-state index contributed by atoms with van der Waals surface area (Å²) < 4.78 is 36.3. The van der Waals surface area contributed by atoms with E-state index in [1.54, 1.807) is 24.3 Å².